The lowest BCUT2D eigenvalue weighted by Crippen LogP contribution is -2.34. The third-order valence-electron chi connectivity index (χ3n) is 3.47. The zero-order valence-corrected chi connectivity index (χ0v) is 10.6. The third kappa shape index (κ3) is 1.93. The zero-order chi connectivity index (χ0) is 14.1. The van der Waals surface area contributed by atoms with Crippen LogP contribution in [0.3, 0.4) is 0 Å². The number of nitrogens with zero attached hydrogens (tertiary/aromatic N) is 1. The van der Waals surface area contributed by atoms with Crippen molar-refractivity contribution >= 4 is 17.4 Å². The number of hydrogen-bond acceptors (Lipinski definition) is 3. The molecule has 1 aliphatic rings. The molecule has 0 bridgehead atoms. The molecule has 1 unspecified atom stereocenters. The number of urea groups is 1. The van der Waals surface area contributed by atoms with E-state index < -0.39 is 12.1 Å². The van der Waals surface area contributed by atoms with Gasteiger partial charge >= 0.3 is 6.03 Å². The molecule has 2 N–H and O–H groups in total. The van der Waals surface area contributed by atoms with Crippen molar-refractivity contribution in [2.75, 3.05) is 4.90 Å². The van der Waals surface area contributed by atoms with E-state index in [-0.39, 0.29) is 0 Å². The molecule has 1 aliphatic heterocycles. The van der Waals surface area contributed by atoms with Gasteiger partial charge in [-0.25, -0.2) is 4.79 Å². The number of benzene rings is 2. The van der Waals surface area contributed by atoms with Crippen molar-refractivity contribution in [2.45, 2.75) is 12.5 Å². The number of aliphatic hydroxyl groups is 1. The van der Waals surface area contributed by atoms with Gasteiger partial charge in [-0.15, -0.1) is 0 Å². The van der Waals surface area contributed by atoms with E-state index in [4.69, 9.17) is 0 Å². The van der Waals surface area contributed by atoms with Gasteiger partial charge in [0.25, 0.3) is 0 Å². The van der Waals surface area contributed by atoms with Crippen molar-refractivity contribution in [1.82, 2.24) is 5.48 Å². The van der Waals surface area contributed by atoms with Crippen molar-refractivity contribution in [3.05, 3.63) is 64.9 Å². The molecule has 1 atom stereocenters. The normalized spacial score (nSPS) is 16.9. The first-order valence-corrected chi connectivity index (χ1v) is 6.29. The first-order valence-electron chi connectivity index (χ1n) is 6.29. The predicted octanol–water partition coefficient (Wildman–Crippen LogP) is 2.62. The summed E-state index contributed by atoms with van der Waals surface area (Å²) in [6.45, 7) is 0. The summed E-state index contributed by atoms with van der Waals surface area (Å²) in [5, 5.41) is 21.2. The summed E-state index contributed by atoms with van der Waals surface area (Å²) in [5.74, 6) is 0. The molecule has 0 fully saturated rings. The Kier molecular flexibility index (Phi) is 3.14. The second-order valence-corrected chi connectivity index (χ2v) is 4.65. The number of nitrogens with one attached hydrogen (secondary N) is 1. The predicted molar refractivity (Wildman–Crippen MR) is 75.6 cm³/mol. The van der Waals surface area contributed by atoms with Crippen molar-refractivity contribution in [2.24, 2.45) is 0 Å². The average molecular weight is 269 g/mol. The van der Waals surface area contributed by atoms with Gasteiger partial charge in [0.05, 0.1) is 17.5 Å². The Morgan fingerprint density at radius 2 is 1.80 bits per heavy atom. The number of fused-ring (bicyclic) bond motifs is 2. The summed E-state index contributed by atoms with van der Waals surface area (Å²) < 4.78 is 0. The van der Waals surface area contributed by atoms with Gasteiger partial charge in [0, 0.05) is 12.0 Å². The van der Waals surface area contributed by atoms with E-state index in [0.29, 0.717) is 23.4 Å². The van der Waals surface area contributed by atoms with Gasteiger partial charge in [-0.1, -0.05) is 36.4 Å². The van der Waals surface area contributed by atoms with Crippen LogP contribution in [0.4, 0.5) is 16.2 Å². The van der Waals surface area contributed by atoms with Crippen molar-refractivity contribution in [3.8, 4) is 0 Å². The standard InChI is InChI=1S/C15H13N2O3/c18-14-9-10-5-1-3-7-12(10)17(15(19)16-20)13-8-4-2-6-11(13)14/h1-8,14,18H,9H2,(H-,16,19,20)/q-1. The molecule has 102 valence electrons. The van der Waals surface area contributed by atoms with Gasteiger partial charge in [-0.2, -0.15) is 0 Å². The molecule has 0 spiro atoms. The topological polar surface area (TPSA) is 75.6 Å². The van der Waals surface area contributed by atoms with Gasteiger partial charge in [-0.05, 0) is 17.7 Å². The number of aliphatic hydroxyl groups excluding tert-OH is 1. The lowest BCUT2D eigenvalue weighted by atomic mass is 10.0. The van der Waals surface area contributed by atoms with Crippen LogP contribution in [0.5, 0.6) is 0 Å². The first kappa shape index (κ1) is 12.7. The lowest BCUT2D eigenvalue weighted by Gasteiger charge is -2.26. The van der Waals surface area contributed by atoms with Gasteiger partial charge in [-0.3, -0.25) is 4.90 Å². The molecule has 0 saturated heterocycles. The maximum Gasteiger partial charge on any atom is 0.315 e. The molecule has 5 heteroatoms. The van der Waals surface area contributed by atoms with E-state index in [0.717, 1.165) is 5.56 Å². The highest BCUT2D eigenvalue weighted by Gasteiger charge is 2.28. The van der Waals surface area contributed by atoms with E-state index in [1.165, 1.54) is 10.4 Å². The Hall–Kier alpha value is -2.37. The number of carbonyl (C=O) groups excluding carboxylic acids is 1. The molecule has 1 heterocycles. The maximum absolute atomic E-state index is 12.0. The Labute approximate surface area is 116 Å². The number of rotatable bonds is 0. The lowest BCUT2D eigenvalue weighted by molar-refractivity contribution is 0.180. The molecule has 3 rings (SSSR count). The molecule has 0 aliphatic carbocycles. The molecule has 2 amide bonds. The summed E-state index contributed by atoms with van der Waals surface area (Å²) in [6.07, 6.45) is -0.313. The highest BCUT2D eigenvalue weighted by Crippen LogP contribution is 2.39. The van der Waals surface area contributed by atoms with E-state index in [1.807, 2.05) is 12.1 Å². The Bertz CT molecular complexity index is 657. The number of hydrogen-bond donors (Lipinski definition) is 2. The van der Waals surface area contributed by atoms with Gasteiger partial charge < -0.3 is 15.8 Å². The van der Waals surface area contributed by atoms with Gasteiger partial charge in [0.2, 0.25) is 0 Å². The fraction of sp³-hybridized carbons (Fsp3) is 0.133. The molecule has 0 aromatic heterocycles. The fourth-order valence-corrected chi connectivity index (χ4v) is 2.59. The minimum absolute atomic E-state index is 0.399. The monoisotopic (exact) mass is 269 g/mol. The summed E-state index contributed by atoms with van der Waals surface area (Å²) in [7, 11) is 0. The molecule has 5 nitrogen and oxygen atoms in total. The van der Waals surface area contributed by atoms with E-state index in [1.54, 1.807) is 36.4 Å². The van der Waals surface area contributed by atoms with Crippen molar-refractivity contribution in [3.63, 3.8) is 0 Å². The average Bonchev–Trinajstić information content (AvgIpc) is 2.61. The first-order chi connectivity index (χ1) is 9.72. The van der Waals surface area contributed by atoms with Crippen LogP contribution >= 0.6 is 0 Å². The highest BCUT2D eigenvalue weighted by molar-refractivity contribution is 6.01. The highest BCUT2D eigenvalue weighted by atomic mass is 16.5. The number of carbonyl (C=O) groups is 1. The molecular weight excluding hydrogens is 256 g/mol. The van der Waals surface area contributed by atoms with Gasteiger partial charge in [0.1, 0.15) is 0 Å². The maximum atomic E-state index is 12.0. The second kappa shape index (κ2) is 4.96. The molecule has 20 heavy (non-hydrogen) atoms. The second-order valence-electron chi connectivity index (χ2n) is 4.65. The largest absolute Gasteiger partial charge is 0.758 e. The zero-order valence-electron chi connectivity index (χ0n) is 10.6. The minimum atomic E-state index is -0.765. The molecule has 0 radical (unpaired) electrons. The summed E-state index contributed by atoms with van der Waals surface area (Å²) in [5.41, 5.74) is 4.01. The number of anilines is 2. The molecule has 2 aromatic rings. The SMILES string of the molecule is O=C(N[O-])N1c2ccccc2CC(O)c2ccccc21. The van der Waals surface area contributed by atoms with Gasteiger partial charge in [0.15, 0.2) is 0 Å². The Morgan fingerprint density at radius 3 is 2.55 bits per heavy atom. The third-order valence-corrected chi connectivity index (χ3v) is 3.47. The summed E-state index contributed by atoms with van der Waals surface area (Å²) in [6, 6.07) is 13.5. The molecular formula is C15H13N2O3-. The van der Waals surface area contributed by atoms with Crippen LogP contribution in [0, 0.1) is 5.21 Å². The van der Waals surface area contributed by atoms with Crippen molar-refractivity contribution < 1.29 is 9.90 Å². The number of hydroxylamine groups is 1. The fourth-order valence-electron chi connectivity index (χ4n) is 2.59. The smallest absolute Gasteiger partial charge is 0.315 e. The summed E-state index contributed by atoms with van der Waals surface area (Å²) >= 11 is 0. The van der Waals surface area contributed by atoms with E-state index >= 15 is 0 Å². The van der Waals surface area contributed by atoms with Crippen molar-refractivity contribution in [1.29, 1.82) is 0 Å². The van der Waals surface area contributed by atoms with Crippen LogP contribution in [-0.4, -0.2) is 11.1 Å². The quantitative estimate of drug-likeness (QED) is 0.722. The van der Waals surface area contributed by atoms with Crippen LogP contribution < -0.4 is 10.4 Å². The number of para-hydroxylation sites is 2. The molecule has 2 aromatic carbocycles. The van der Waals surface area contributed by atoms with E-state index in [2.05, 4.69) is 0 Å². The Balaban J connectivity index is 2.26. The minimum Gasteiger partial charge on any atom is -0.758 e. The van der Waals surface area contributed by atoms with Crippen LogP contribution in [0.15, 0.2) is 48.5 Å². The molecule has 0 saturated carbocycles. The summed E-state index contributed by atoms with van der Waals surface area (Å²) in [4.78, 5) is 13.3. The van der Waals surface area contributed by atoms with Crippen LogP contribution in [0.1, 0.15) is 17.2 Å². The van der Waals surface area contributed by atoms with Crippen LogP contribution in [0.25, 0.3) is 0 Å². The van der Waals surface area contributed by atoms with Crippen LogP contribution in [-0.2, 0) is 6.42 Å². The van der Waals surface area contributed by atoms with E-state index in [9.17, 15) is 15.1 Å². The number of amides is 2. The van der Waals surface area contributed by atoms with Crippen LogP contribution in [0.2, 0.25) is 0 Å². The Morgan fingerprint density at radius 1 is 1.15 bits per heavy atom.